The summed E-state index contributed by atoms with van der Waals surface area (Å²) in [5.74, 6) is 0.826. The summed E-state index contributed by atoms with van der Waals surface area (Å²) in [6.45, 7) is 0.505. The third kappa shape index (κ3) is 4.62. The number of benzene rings is 2. The maximum Gasteiger partial charge on any atom is 0.274 e. The molecule has 0 unspecified atom stereocenters. The molecular formula is C22H17ClN4O2. The predicted octanol–water partition coefficient (Wildman–Crippen LogP) is 5.16. The molecule has 0 amide bonds. The van der Waals surface area contributed by atoms with Gasteiger partial charge in [-0.3, -0.25) is 4.79 Å². The van der Waals surface area contributed by atoms with E-state index in [4.69, 9.17) is 16.0 Å². The number of furan rings is 1. The molecule has 0 saturated carbocycles. The highest BCUT2D eigenvalue weighted by molar-refractivity contribution is 6.30. The third-order valence-corrected chi connectivity index (χ3v) is 4.39. The van der Waals surface area contributed by atoms with E-state index in [1.54, 1.807) is 30.3 Å². The zero-order chi connectivity index (χ0) is 20.1. The van der Waals surface area contributed by atoms with Crippen molar-refractivity contribution in [2.45, 2.75) is 6.54 Å². The van der Waals surface area contributed by atoms with Gasteiger partial charge in [0.15, 0.2) is 5.76 Å². The van der Waals surface area contributed by atoms with Crippen molar-refractivity contribution in [3.05, 3.63) is 95.2 Å². The topological polar surface area (TPSA) is 73.0 Å². The van der Waals surface area contributed by atoms with Crippen LogP contribution < -0.4 is 5.32 Å². The predicted molar refractivity (Wildman–Crippen MR) is 113 cm³/mol. The van der Waals surface area contributed by atoms with Gasteiger partial charge in [-0.15, -0.1) is 5.10 Å². The van der Waals surface area contributed by atoms with E-state index in [0.717, 1.165) is 11.1 Å². The Morgan fingerprint density at radius 3 is 2.59 bits per heavy atom. The van der Waals surface area contributed by atoms with Crippen molar-refractivity contribution in [3.8, 4) is 11.6 Å². The van der Waals surface area contributed by atoms with E-state index in [0.29, 0.717) is 29.1 Å². The smallest absolute Gasteiger partial charge is 0.274 e. The fraction of sp³-hybridized carbons (Fsp3) is 0.0455. The first-order chi connectivity index (χ1) is 14.2. The first-order valence-corrected chi connectivity index (χ1v) is 9.33. The van der Waals surface area contributed by atoms with Gasteiger partial charge in [0.2, 0.25) is 11.8 Å². The van der Waals surface area contributed by atoms with Crippen LogP contribution in [0.3, 0.4) is 0 Å². The number of nitrogens with one attached hydrogen (secondary N) is 1. The third-order valence-electron chi connectivity index (χ3n) is 4.14. The molecule has 0 aliphatic carbocycles. The van der Waals surface area contributed by atoms with Crippen LogP contribution in [0.2, 0.25) is 5.02 Å². The van der Waals surface area contributed by atoms with Gasteiger partial charge in [-0.1, -0.05) is 54.1 Å². The van der Waals surface area contributed by atoms with Gasteiger partial charge in [0.1, 0.15) is 0 Å². The average molecular weight is 405 g/mol. The number of allylic oxidation sites excluding steroid dienone is 1. The van der Waals surface area contributed by atoms with Crippen LogP contribution >= 0.6 is 11.6 Å². The number of aromatic nitrogens is 3. The number of hydrogen-bond donors (Lipinski definition) is 1. The van der Waals surface area contributed by atoms with Crippen LogP contribution in [0.15, 0.2) is 83.5 Å². The SMILES string of the molecule is O=C(C=Cc1ccc(Cl)cc1)n1nc(-c2ccco2)nc1NCc1ccccc1. The van der Waals surface area contributed by atoms with E-state index < -0.39 is 0 Å². The average Bonchev–Trinajstić information content (AvgIpc) is 3.42. The summed E-state index contributed by atoms with van der Waals surface area (Å²) in [6.07, 6.45) is 4.68. The second-order valence-electron chi connectivity index (χ2n) is 6.21. The molecule has 0 bridgehead atoms. The van der Waals surface area contributed by atoms with Gasteiger partial charge in [-0.2, -0.15) is 9.67 Å². The Morgan fingerprint density at radius 2 is 1.86 bits per heavy atom. The van der Waals surface area contributed by atoms with E-state index in [2.05, 4.69) is 15.4 Å². The number of carbonyl (C=O) groups is 1. The summed E-state index contributed by atoms with van der Waals surface area (Å²) in [7, 11) is 0. The molecule has 4 aromatic rings. The first-order valence-electron chi connectivity index (χ1n) is 8.96. The molecule has 2 aromatic heterocycles. The molecule has 0 aliphatic heterocycles. The van der Waals surface area contributed by atoms with Gasteiger partial charge in [0.25, 0.3) is 5.91 Å². The summed E-state index contributed by atoms with van der Waals surface area (Å²) >= 11 is 5.90. The monoisotopic (exact) mass is 404 g/mol. The lowest BCUT2D eigenvalue weighted by atomic mass is 10.2. The molecule has 0 atom stereocenters. The fourth-order valence-electron chi connectivity index (χ4n) is 2.68. The maximum atomic E-state index is 12.8. The molecular weight excluding hydrogens is 388 g/mol. The number of hydrogen-bond acceptors (Lipinski definition) is 5. The van der Waals surface area contributed by atoms with Crippen LogP contribution in [0.4, 0.5) is 5.95 Å². The largest absolute Gasteiger partial charge is 0.461 e. The molecule has 29 heavy (non-hydrogen) atoms. The number of anilines is 1. The molecule has 0 fully saturated rings. The van der Waals surface area contributed by atoms with Crippen LogP contribution in [0.25, 0.3) is 17.7 Å². The Balaban J connectivity index is 1.59. The maximum absolute atomic E-state index is 12.8. The minimum absolute atomic E-state index is 0.332. The van der Waals surface area contributed by atoms with Crippen LogP contribution in [-0.2, 0) is 6.54 Å². The van der Waals surface area contributed by atoms with Crippen molar-refractivity contribution < 1.29 is 9.21 Å². The summed E-state index contributed by atoms with van der Waals surface area (Å²) in [4.78, 5) is 17.2. The normalized spacial score (nSPS) is 11.1. The van der Waals surface area contributed by atoms with Gasteiger partial charge in [-0.05, 0) is 41.5 Å². The van der Waals surface area contributed by atoms with Gasteiger partial charge in [0, 0.05) is 17.6 Å². The Bertz CT molecular complexity index is 1120. The molecule has 2 heterocycles. The van der Waals surface area contributed by atoms with Crippen LogP contribution in [0.1, 0.15) is 15.9 Å². The highest BCUT2D eigenvalue weighted by Gasteiger charge is 2.17. The van der Waals surface area contributed by atoms with Gasteiger partial charge in [-0.25, -0.2) is 0 Å². The molecule has 0 spiro atoms. The van der Waals surface area contributed by atoms with Crippen molar-refractivity contribution in [2.75, 3.05) is 5.32 Å². The minimum Gasteiger partial charge on any atom is -0.461 e. The van der Waals surface area contributed by atoms with Crippen LogP contribution in [0.5, 0.6) is 0 Å². The van der Waals surface area contributed by atoms with E-state index in [-0.39, 0.29) is 5.91 Å². The van der Waals surface area contributed by atoms with Crippen LogP contribution in [0, 0.1) is 0 Å². The molecule has 7 heteroatoms. The molecule has 0 saturated heterocycles. The molecule has 1 N–H and O–H groups in total. The summed E-state index contributed by atoms with van der Waals surface area (Å²) in [5, 5.41) is 8.13. The highest BCUT2D eigenvalue weighted by Crippen LogP contribution is 2.19. The quantitative estimate of drug-likeness (QED) is 0.449. The van der Waals surface area contributed by atoms with E-state index in [9.17, 15) is 4.79 Å². The number of nitrogens with zero attached hydrogens (tertiary/aromatic N) is 3. The molecule has 6 nitrogen and oxygen atoms in total. The molecule has 2 aromatic carbocycles. The molecule has 0 radical (unpaired) electrons. The first kappa shape index (κ1) is 18.7. The van der Waals surface area contributed by atoms with Gasteiger partial charge in [0.05, 0.1) is 6.26 Å². The Kier molecular flexibility index (Phi) is 5.54. The van der Waals surface area contributed by atoms with Crippen molar-refractivity contribution in [1.82, 2.24) is 14.8 Å². The highest BCUT2D eigenvalue weighted by atomic mass is 35.5. The molecule has 144 valence electrons. The second kappa shape index (κ2) is 8.58. The number of carbonyl (C=O) groups excluding carboxylic acids is 1. The second-order valence-corrected chi connectivity index (χ2v) is 6.65. The summed E-state index contributed by atoms with van der Waals surface area (Å²) in [5.41, 5.74) is 1.92. The minimum atomic E-state index is -0.333. The summed E-state index contributed by atoms with van der Waals surface area (Å²) < 4.78 is 6.59. The number of halogens is 1. The van der Waals surface area contributed by atoms with Crippen molar-refractivity contribution in [3.63, 3.8) is 0 Å². The Morgan fingerprint density at radius 1 is 1.07 bits per heavy atom. The number of rotatable bonds is 6. The molecule has 0 aliphatic rings. The molecule has 4 rings (SSSR count). The van der Waals surface area contributed by atoms with Gasteiger partial charge >= 0.3 is 0 Å². The van der Waals surface area contributed by atoms with E-state index in [1.807, 2.05) is 42.5 Å². The van der Waals surface area contributed by atoms with E-state index >= 15 is 0 Å². The van der Waals surface area contributed by atoms with Gasteiger partial charge < -0.3 is 9.73 Å². The summed E-state index contributed by atoms with van der Waals surface area (Å²) in [6, 6.07) is 20.5. The van der Waals surface area contributed by atoms with E-state index in [1.165, 1.54) is 17.0 Å². The van der Waals surface area contributed by atoms with Crippen molar-refractivity contribution >= 4 is 29.5 Å². The van der Waals surface area contributed by atoms with Crippen LogP contribution in [-0.4, -0.2) is 20.7 Å². The lowest BCUT2D eigenvalue weighted by Crippen LogP contribution is -2.14. The zero-order valence-electron chi connectivity index (χ0n) is 15.3. The lowest BCUT2D eigenvalue weighted by molar-refractivity contribution is 0.0957. The Labute approximate surface area is 172 Å². The Hall–Kier alpha value is -3.64. The van der Waals surface area contributed by atoms with Crippen molar-refractivity contribution in [1.29, 1.82) is 0 Å². The zero-order valence-corrected chi connectivity index (χ0v) is 16.1. The standard InChI is InChI=1S/C22H17ClN4O2/c23-18-11-8-16(9-12-18)10-13-20(28)27-22(24-15-17-5-2-1-3-6-17)25-21(26-27)19-7-4-14-29-19/h1-14H,15H2,(H,24,25,26). The lowest BCUT2D eigenvalue weighted by Gasteiger charge is -2.05. The fourth-order valence-corrected chi connectivity index (χ4v) is 2.81. The van der Waals surface area contributed by atoms with Crippen molar-refractivity contribution in [2.24, 2.45) is 0 Å².